The summed E-state index contributed by atoms with van der Waals surface area (Å²) >= 11 is 0. The number of hydrogen-bond acceptors (Lipinski definition) is 6. The van der Waals surface area contributed by atoms with Crippen molar-refractivity contribution in [1.82, 2.24) is 9.97 Å². The van der Waals surface area contributed by atoms with Crippen LogP contribution in [0.2, 0.25) is 0 Å². The molecule has 0 bridgehead atoms. The molecule has 1 fully saturated rings. The lowest BCUT2D eigenvalue weighted by Gasteiger charge is -2.47. The van der Waals surface area contributed by atoms with Crippen molar-refractivity contribution in [2.24, 2.45) is 5.84 Å². The van der Waals surface area contributed by atoms with Gasteiger partial charge in [0, 0.05) is 24.8 Å². The molecule has 1 aliphatic rings. The highest BCUT2D eigenvalue weighted by atomic mass is 16.5. The van der Waals surface area contributed by atoms with Gasteiger partial charge in [-0.1, -0.05) is 0 Å². The first-order valence-electron chi connectivity index (χ1n) is 6.48. The van der Waals surface area contributed by atoms with Gasteiger partial charge in [0.1, 0.15) is 5.82 Å². The van der Waals surface area contributed by atoms with Crippen LogP contribution in [0.25, 0.3) is 0 Å². The molecule has 0 aliphatic carbocycles. The van der Waals surface area contributed by atoms with Crippen molar-refractivity contribution < 1.29 is 4.74 Å². The smallest absolute Gasteiger partial charge is 0.239 e. The normalized spacial score (nSPS) is 21.3. The first-order chi connectivity index (χ1) is 8.71. The Labute approximate surface area is 114 Å². The summed E-state index contributed by atoms with van der Waals surface area (Å²) in [5.41, 5.74) is 2.97. The summed E-state index contributed by atoms with van der Waals surface area (Å²) in [7, 11) is 0. The van der Waals surface area contributed by atoms with E-state index in [1.165, 1.54) is 0 Å². The van der Waals surface area contributed by atoms with Crippen LogP contribution in [0.15, 0.2) is 6.07 Å². The van der Waals surface area contributed by atoms with Crippen molar-refractivity contribution in [1.29, 1.82) is 0 Å². The summed E-state index contributed by atoms with van der Waals surface area (Å²) in [6.45, 7) is 11.9. The molecule has 1 aliphatic heterocycles. The molecule has 2 heterocycles. The van der Waals surface area contributed by atoms with Crippen LogP contribution in [0.1, 0.15) is 33.4 Å². The zero-order chi connectivity index (χ0) is 14.3. The number of nitrogen functional groups attached to an aromatic ring is 1. The van der Waals surface area contributed by atoms with E-state index in [4.69, 9.17) is 10.6 Å². The summed E-state index contributed by atoms with van der Waals surface area (Å²) in [6, 6.07) is 1.97. The number of hydrazine groups is 1. The summed E-state index contributed by atoms with van der Waals surface area (Å²) in [4.78, 5) is 10.9. The van der Waals surface area contributed by atoms with Crippen LogP contribution in [0, 0.1) is 6.92 Å². The number of morpholine rings is 1. The minimum absolute atomic E-state index is 0.211. The number of ether oxygens (including phenoxy) is 1. The fourth-order valence-corrected chi connectivity index (χ4v) is 2.73. The predicted molar refractivity (Wildman–Crippen MR) is 76.0 cm³/mol. The summed E-state index contributed by atoms with van der Waals surface area (Å²) in [5, 5.41) is 0. The van der Waals surface area contributed by atoms with Crippen molar-refractivity contribution in [3.05, 3.63) is 11.8 Å². The van der Waals surface area contributed by atoms with Crippen molar-refractivity contribution in [3.63, 3.8) is 0 Å². The van der Waals surface area contributed by atoms with Gasteiger partial charge in [-0.15, -0.1) is 0 Å². The molecule has 19 heavy (non-hydrogen) atoms. The fourth-order valence-electron chi connectivity index (χ4n) is 2.73. The quantitative estimate of drug-likeness (QED) is 0.623. The van der Waals surface area contributed by atoms with Crippen LogP contribution >= 0.6 is 0 Å². The molecule has 1 saturated heterocycles. The number of rotatable bonds is 2. The molecule has 0 atom stereocenters. The van der Waals surface area contributed by atoms with Crippen LogP contribution in [0.3, 0.4) is 0 Å². The molecule has 0 radical (unpaired) electrons. The van der Waals surface area contributed by atoms with Gasteiger partial charge in [0.05, 0.1) is 11.2 Å². The number of aryl methyl sites for hydroxylation is 1. The Morgan fingerprint density at radius 1 is 1.21 bits per heavy atom. The van der Waals surface area contributed by atoms with Gasteiger partial charge in [-0.2, -0.15) is 4.98 Å². The molecule has 6 nitrogen and oxygen atoms in total. The molecule has 2 rings (SSSR count). The molecule has 3 N–H and O–H groups in total. The highest BCUT2D eigenvalue weighted by Gasteiger charge is 2.38. The summed E-state index contributed by atoms with van der Waals surface area (Å²) in [5.74, 6) is 6.73. The molecule has 1 aromatic heterocycles. The first kappa shape index (κ1) is 14.0. The van der Waals surface area contributed by atoms with Gasteiger partial charge in [-0.25, -0.2) is 10.8 Å². The zero-order valence-electron chi connectivity index (χ0n) is 12.3. The van der Waals surface area contributed by atoms with Crippen molar-refractivity contribution in [2.75, 3.05) is 23.4 Å². The van der Waals surface area contributed by atoms with Gasteiger partial charge in [0.15, 0.2) is 0 Å². The van der Waals surface area contributed by atoms with Crippen molar-refractivity contribution >= 4 is 11.8 Å². The molecular weight excluding hydrogens is 242 g/mol. The fraction of sp³-hybridized carbons (Fsp3) is 0.692. The number of nitrogens with one attached hydrogen (secondary N) is 1. The van der Waals surface area contributed by atoms with Gasteiger partial charge < -0.3 is 9.64 Å². The third-order valence-corrected chi connectivity index (χ3v) is 2.99. The van der Waals surface area contributed by atoms with Gasteiger partial charge in [-0.05, 0) is 34.6 Å². The number of nitrogens with zero attached hydrogens (tertiary/aromatic N) is 3. The van der Waals surface area contributed by atoms with Crippen molar-refractivity contribution in [3.8, 4) is 0 Å². The maximum Gasteiger partial charge on any atom is 0.239 e. The van der Waals surface area contributed by atoms with Crippen LogP contribution in [0.4, 0.5) is 11.8 Å². The Kier molecular flexibility index (Phi) is 3.40. The Morgan fingerprint density at radius 2 is 1.79 bits per heavy atom. The average Bonchev–Trinajstić information content (AvgIpc) is 2.24. The largest absolute Gasteiger partial charge is 0.366 e. The van der Waals surface area contributed by atoms with Gasteiger partial charge >= 0.3 is 0 Å². The SMILES string of the molecule is Cc1cc(N2CC(C)(C)OC(C)(C)C2)nc(NN)n1. The standard InChI is InChI=1S/C13H23N5O/c1-9-6-10(16-11(15-9)17-14)18-7-12(2,3)19-13(4,5)8-18/h6H,7-8,14H2,1-5H3,(H,15,16,17). The second-order valence-corrected chi connectivity index (χ2v) is 6.31. The van der Waals surface area contributed by atoms with E-state index < -0.39 is 0 Å². The van der Waals surface area contributed by atoms with E-state index >= 15 is 0 Å². The van der Waals surface area contributed by atoms with E-state index in [1.807, 2.05) is 13.0 Å². The lowest BCUT2D eigenvalue weighted by atomic mass is 9.99. The van der Waals surface area contributed by atoms with E-state index in [9.17, 15) is 0 Å². The number of anilines is 2. The monoisotopic (exact) mass is 265 g/mol. The molecular formula is C13H23N5O. The number of nitrogens with two attached hydrogens (primary N) is 1. The Morgan fingerprint density at radius 3 is 2.32 bits per heavy atom. The van der Waals surface area contributed by atoms with Gasteiger partial charge in [0.25, 0.3) is 0 Å². The second-order valence-electron chi connectivity index (χ2n) is 6.31. The minimum Gasteiger partial charge on any atom is -0.366 e. The van der Waals surface area contributed by atoms with Crippen LogP contribution in [0.5, 0.6) is 0 Å². The number of hydrogen-bond donors (Lipinski definition) is 2. The lowest BCUT2D eigenvalue weighted by molar-refractivity contribution is -0.133. The number of aromatic nitrogens is 2. The minimum atomic E-state index is -0.211. The second kappa shape index (κ2) is 4.61. The highest BCUT2D eigenvalue weighted by molar-refractivity contribution is 5.45. The van der Waals surface area contributed by atoms with Crippen molar-refractivity contribution in [2.45, 2.75) is 45.8 Å². The van der Waals surface area contributed by atoms with E-state index in [-0.39, 0.29) is 11.2 Å². The third-order valence-electron chi connectivity index (χ3n) is 2.99. The van der Waals surface area contributed by atoms with Crippen LogP contribution in [-0.2, 0) is 4.74 Å². The van der Waals surface area contributed by atoms with E-state index in [2.05, 4.69) is 48.0 Å². The first-order valence-corrected chi connectivity index (χ1v) is 6.48. The predicted octanol–water partition coefficient (Wildman–Crippen LogP) is 1.46. The average molecular weight is 265 g/mol. The maximum atomic E-state index is 6.07. The topological polar surface area (TPSA) is 76.3 Å². The van der Waals surface area contributed by atoms with Gasteiger partial charge in [-0.3, -0.25) is 5.43 Å². The molecule has 0 spiro atoms. The molecule has 0 amide bonds. The molecule has 1 aromatic rings. The molecule has 0 aromatic carbocycles. The molecule has 6 heteroatoms. The molecule has 0 unspecified atom stereocenters. The zero-order valence-corrected chi connectivity index (χ0v) is 12.3. The Balaban J connectivity index is 2.33. The summed E-state index contributed by atoms with van der Waals surface area (Å²) in [6.07, 6.45) is 0. The Bertz CT molecular complexity index is 456. The van der Waals surface area contributed by atoms with Crippen LogP contribution in [-0.4, -0.2) is 34.3 Å². The lowest BCUT2D eigenvalue weighted by Crippen LogP contribution is -2.57. The summed E-state index contributed by atoms with van der Waals surface area (Å²) < 4.78 is 6.07. The highest BCUT2D eigenvalue weighted by Crippen LogP contribution is 2.30. The van der Waals surface area contributed by atoms with E-state index in [0.29, 0.717) is 5.95 Å². The third kappa shape index (κ3) is 3.33. The maximum absolute atomic E-state index is 6.07. The molecule has 106 valence electrons. The van der Waals surface area contributed by atoms with E-state index in [0.717, 1.165) is 24.6 Å². The van der Waals surface area contributed by atoms with Gasteiger partial charge in [0.2, 0.25) is 5.95 Å². The molecule has 0 saturated carbocycles. The Hall–Kier alpha value is -1.40. The van der Waals surface area contributed by atoms with E-state index in [1.54, 1.807) is 0 Å². The van der Waals surface area contributed by atoms with Crippen LogP contribution < -0.4 is 16.2 Å².